The van der Waals surface area contributed by atoms with Gasteiger partial charge in [0.15, 0.2) is 5.82 Å². The molecule has 1 fully saturated rings. The molecule has 282 valence electrons. The quantitative estimate of drug-likeness (QED) is 0.179. The fourth-order valence-corrected chi connectivity index (χ4v) is 12.4. The second-order valence-corrected chi connectivity index (χ2v) is 18.6. The highest BCUT2D eigenvalue weighted by molar-refractivity contribution is 7.26. The summed E-state index contributed by atoms with van der Waals surface area (Å²) in [5, 5.41) is 3.38. The summed E-state index contributed by atoms with van der Waals surface area (Å²) in [5.41, 5.74) is 19.8. The lowest BCUT2D eigenvalue weighted by Gasteiger charge is -2.36. The largest absolute Gasteiger partial charge is 0.455 e. The first-order valence-electron chi connectivity index (χ1n) is 21.1. The average Bonchev–Trinajstić information content (AvgIpc) is 3.99. The number of fused-ring (bicyclic) bond motifs is 14. The number of hydrogen-bond acceptors (Lipinski definition) is 4. The van der Waals surface area contributed by atoms with Crippen LogP contribution in [0.2, 0.25) is 0 Å². The van der Waals surface area contributed by atoms with E-state index in [2.05, 4.69) is 141 Å². The summed E-state index contributed by atoms with van der Waals surface area (Å²) in [6.45, 7) is 4.80. The zero-order valence-corrected chi connectivity index (χ0v) is 33.9. The van der Waals surface area contributed by atoms with Crippen molar-refractivity contribution in [1.82, 2.24) is 9.97 Å². The van der Waals surface area contributed by atoms with Crippen LogP contribution in [0.3, 0.4) is 0 Å². The molecular weight excluding hydrogens is 737 g/mol. The van der Waals surface area contributed by atoms with Crippen LogP contribution in [0.15, 0.2) is 150 Å². The summed E-state index contributed by atoms with van der Waals surface area (Å²) in [6, 6.07) is 53.7. The van der Waals surface area contributed by atoms with Crippen molar-refractivity contribution in [3.8, 4) is 56.0 Å². The Hall–Kier alpha value is -6.36. The lowest BCUT2D eigenvalue weighted by atomic mass is 9.67. The van der Waals surface area contributed by atoms with E-state index in [4.69, 9.17) is 14.4 Å². The van der Waals surface area contributed by atoms with Gasteiger partial charge in [0.1, 0.15) is 11.2 Å². The summed E-state index contributed by atoms with van der Waals surface area (Å²) in [7, 11) is 0. The molecule has 4 heteroatoms. The van der Waals surface area contributed by atoms with Gasteiger partial charge in [-0.2, -0.15) is 0 Å². The van der Waals surface area contributed by atoms with Gasteiger partial charge in [0.2, 0.25) is 0 Å². The summed E-state index contributed by atoms with van der Waals surface area (Å²) in [6.07, 6.45) is 6.26. The summed E-state index contributed by atoms with van der Waals surface area (Å²) >= 11 is 1.75. The van der Waals surface area contributed by atoms with E-state index >= 15 is 0 Å². The number of benzene rings is 7. The van der Waals surface area contributed by atoms with Crippen molar-refractivity contribution in [1.29, 1.82) is 0 Å². The maximum atomic E-state index is 6.83. The fraction of sp³-hybridized carbons (Fsp3) is 0.164. The van der Waals surface area contributed by atoms with Crippen molar-refractivity contribution in [3.05, 3.63) is 168 Å². The highest BCUT2D eigenvalue weighted by Gasteiger charge is 2.46. The van der Waals surface area contributed by atoms with Crippen molar-refractivity contribution in [2.24, 2.45) is 0 Å². The first-order valence-corrected chi connectivity index (χ1v) is 21.9. The molecule has 0 bridgehead atoms. The normalized spacial score (nSPS) is 15.9. The van der Waals surface area contributed by atoms with E-state index in [1.54, 1.807) is 16.9 Å². The van der Waals surface area contributed by atoms with Gasteiger partial charge in [0, 0.05) is 42.8 Å². The number of furan rings is 1. The number of aromatic nitrogens is 2. The number of hydrogen-bond donors (Lipinski definition) is 0. The van der Waals surface area contributed by atoms with Gasteiger partial charge < -0.3 is 4.42 Å². The lowest BCUT2D eigenvalue weighted by Crippen LogP contribution is -2.28. The van der Waals surface area contributed by atoms with Gasteiger partial charge in [-0.1, -0.05) is 136 Å². The second kappa shape index (κ2) is 12.1. The molecule has 0 saturated heterocycles. The van der Waals surface area contributed by atoms with Gasteiger partial charge in [-0.25, -0.2) is 9.97 Å². The minimum absolute atomic E-state index is 0.0203. The highest BCUT2D eigenvalue weighted by Crippen LogP contribution is 2.60. The van der Waals surface area contributed by atoms with Gasteiger partial charge >= 0.3 is 0 Å². The van der Waals surface area contributed by atoms with Crippen LogP contribution in [0.5, 0.6) is 0 Å². The van der Waals surface area contributed by atoms with Gasteiger partial charge in [0.25, 0.3) is 0 Å². The summed E-state index contributed by atoms with van der Waals surface area (Å²) < 4.78 is 9.11. The minimum atomic E-state index is -0.0203. The molecule has 0 unspecified atom stereocenters. The zero-order chi connectivity index (χ0) is 39.0. The van der Waals surface area contributed by atoms with E-state index < -0.39 is 0 Å². The summed E-state index contributed by atoms with van der Waals surface area (Å²) in [5.74, 6) is 0.722. The average molecular weight is 777 g/mol. The molecule has 3 aliphatic carbocycles. The molecule has 3 aromatic heterocycles. The predicted molar refractivity (Wildman–Crippen MR) is 245 cm³/mol. The van der Waals surface area contributed by atoms with E-state index in [0.717, 1.165) is 60.2 Å². The van der Waals surface area contributed by atoms with Crippen LogP contribution in [0.4, 0.5) is 0 Å². The Balaban J connectivity index is 0.962. The molecule has 1 spiro atoms. The maximum absolute atomic E-state index is 6.83. The molecule has 13 rings (SSSR count). The molecule has 3 aliphatic rings. The molecule has 0 atom stereocenters. The fourth-order valence-electron chi connectivity index (χ4n) is 11.2. The van der Waals surface area contributed by atoms with E-state index in [9.17, 15) is 0 Å². The van der Waals surface area contributed by atoms with E-state index in [-0.39, 0.29) is 10.8 Å². The molecule has 3 nitrogen and oxygen atoms in total. The van der Waals surface area contributed by atoms with E-state index in [0.29, 0.717) is 0 Å². The molecule has 1 saturated carbocycles. The van der Waals surface area contributed by atoms with Crippen LogP contribution in [0, 0.1) is 0 Å². The van der Waals surface area contributed by atoms with E-state index in [1.165, 1.54) is 86.9 Å². The first-order chi connectivity index (χ1) is 29.0. The summed E-state index contributed by atoms with van der Waals surface area (Å²) in [4.78, 5) is 10.4. The third kappa shape index (κ3) is 4.64. The van der Waals surface area contributed by atoms with Crippen molar-refractivity contribution in [2.45, 2.75) is 56.8 Å². The Morgan fingerprint density at radius 3 is 2.10 bits per heavy atom. The molecule has 59 heavy (non-hydrogen) atoms. The molecule has 0 N–H and O–H groups in total. The molecule has 7 aromatic carbocycles. The third-order valence-corrected chi connectivity index (χ3v) is 15.3. The minimum Gasteiger partial charge on any atom is -0.455 e. The molecule has 0 amide bonds. The highest BCUT2D eigenvalue weighted by atomic mass is 32.1. The number of nitrogens with zero attached hydrogens (tertiary/aromatic N) is 2. The monoisotopic (exact) mass is 776 g/mol. The third-order valence-electron chi connectivity index (χ3n) is 14.1. The van der Waals surface area contributed by atoms with E-state index in [1.807, 2.05) is 18.2 Å². The lowest BCUT2D eigenvalue weighted by molar-refractivity contribution is 0.353. The number of thiophene rings is 1. The SMILES string of the molecule is CC1(C)c2ccccc2-c2cc3c(cc21)-c1ccc(-c2ccc4oc5c(-c6nc(-c7ccccc7)nc7c6sc6ccccc67)cccc5c4c2)cc1C31CCCCC1. The van der Waals surface area contributed by atoms with Gasteiger partial charge in [-0.3, -0.25) is 0 Å². The van der Waals surface area contributed by atoms with Crippen LogP contribution in [0.1, 0.15) is 68.2 Å². The van der Waals surface area contributed by atoms with Crippen LogP contribution in [-0.4, -0.2) is 9.97 Å². The standard InChI is InChI=1S/C55H40N2OS/c1-54(2)43-20-9-7-16-35(43)40-31-46-41(30-44(40)54)36-24-22-34(29-45(36)55(46)26-11-4-12-27-55)33-23-25-47-42(28-33)37-18-13-19-39(51(37)58-47)50-52-49(38-17-8-10-21-48(38)59-52)56-53(57-50)32-14-5-3-6-15-32/h3,5-10,13-25,28-31H,4,11-12,26-27H2,1-2H3. The predicted octanol–water partition coefficient (Wildman–Crippen LogP) is 15.3. The smallest absolute Gasteiger partial charge is 0.160 e. The Bertz CT molecular complexity index is 3400. The zero-order valence-electron chi connectivity index (χ0n) is 33.1. The number of para-hydroxylation sites is 1. The van der Waals surface area contributed by atoms with Gasteiger partial charge in [-0.05, 0) is 111 Å². The molecule has 0 radical (unpaired) electrons. The molecule has 0 aliphatic heterocycles. The maximum Gasteiger partial charge on any atom is 0.160 e. The van der Waals surface area contributed by atoms with Crippen LogP contribution >= 0.6 is 11.3 Å². The number of rotatable bonds is 3. The van der Waals surface area contributed by atoms with Crippen molar-refractivity contribution in [2.75, 3.05) is 0 Å². The second-order valence-electron chi connectivity index (χ2n) is 17.6. The molecule has 3 heterocycles. The Morgan fingerprint density at radius 2 is 1.20 bits per heavy atom. The first kappa shape index (κ1) is 33.6. The van der Waals surface area contributed by atoms with Crippen LogP contribution in [0.25, 0.3) is 98.3 Å². The van der Waals surface area contributed by atoms with Crippen molar-refractivity contribution in [3.63, 3.8) is 0 Å². The topological polar surface area (TPSA) is 38.9 Å². The van der Waals surface area contributed by atoms with Crippen molar-refractivity contribution >= 4 is 53.6 Å². The molecular formula is C55H40N2OS. The molecule has 10 aromatic rings. The Labute approximate surface area is 347 Å². The van der Waals surface area contributed by atoms with Gasteiger partial charge in [0.05, 0.1) is 15.9 Å². The van der Waals surface area contributed by atoms with Gasteiger partial charge in [-0.15, -0.1) is 11.3 Å². The Kier molecular flexibility index (Phi) is 6.89. The van der Waals surface area contributed by atoms with Crippen LogP contribution < -0.4 is 0 Å². The van der Waals surface area contributed by atoms with Crippen molar-refractivity contribution < 1.29 is 4.42 Å². The Morgan fingerprint density at radius 1 is 0.508 bits per heavy atom. The van der Waals surface area contributed by atoms with Crippen LogP contribution in [-0.2, 0) is 10.8 Å².